The van der Waals surface area contributed by atoms with Gasteiger partial charge in [0, 0.05) is 22.7 Å². The minimum atomic E-state index is -3.88. The average molecular weight is 558 g/mol. The molecule has 4 rings (SSSR count). The van der Waals surface area contributed by atoms with E-state index >= 15 is 0 Å². The first-order valence-electron chi connectivity index (χ1n) is 14.0. The third kappa shape index (κ3) is 5.78. The molecular weight excluding hydrogens is 518 g/mol. The predicted octanol–water partition coefficient (Wildman–Crippen LogP) is 8.57. The number of unbranched alkanes of at least 4 members (excludes halogenated alkanes) is 1. The van der Waals surface area contributed by atoms with E-state index in [4.69, 9.17) is 4.74 Å². The largest absolute Gasteiger partial charge is 0.493 e. The molecule has 1 heterocycles. The number of carbonyl (C=O) groups excluding carboxylic acids is 1. The van der Waals surface area contributed by atoms with Gasteiger partial charge in [-0.05, 0) is 83.9 Å². The minimum Gasteiger partial charge on any atom is -0.493 e. The lowest BCUT2D eigenvalue weighted by atomic mass is 9.89. The maximum atomic E-state index is 13.9. The van der Waals surface area contributed by atoms with Gasteiger partial charge in [0.2, 0.25) is 0 Å². The fourth-order valence-electron chi connectivity index (χ4n) is 4.88. The highest BCUT2D eigenvalue weighted by atomic mass is 32.2. The number of aldehydes is 1. The van der Waals surface area contributed by atoms with Crippen LogP contribution in [0.15, 0.2) is 77.8 Å². The molecule has 0 radical (unpaired) electrons. The number of carbonyl (C=O) groups is 1. The number of rotatable bonds is 11. The number of nitrogens with zero attached hydrogens (tertiary/aromatic N) is 1. The van der Waals surface area contributed by atoms with Gasteiger partial charge in [-0.2, -0.15) is 0 Å². The van der Waals surface area contributed by atoms with Crippen LogP contribution in [0.25, 0.3) is 27.6 Å². The van der Waals surface area contributed by atoms with Crippen molar-refractivity contribution in [1.29, 1.82) is 0 Å². The Bertz CT molecular complexity index is 1640. The van der Waals surface area contributed by atoms with Gasteiger partial charge in [-0.15, -0.1) is 0 Å². The van der Waals surface area contributed by atoms with Crippen molar-refractivity contribution >= 4 is 32.8 Å². The molecule has 0 amide bonds. The molecule has 5 nitrogen and oxygen atoms in total. The van der Waals surface area contributed by atoms with Gasteiger partial charge < -0.3 is 4.74 Å². The van der Waals surface area contributed by atoms with Crippen molar-refractivity contribution in [2.24, 2.45) is 0 Å². The van der Waals surface area contributed by atoms with Crippen LogP contribution < -0.4 is 4.74 Å². The predicted molar refractivity (Wildman–Crippen MR) is 165 cm³/mol. The van der Waals surface area contributed by atoms with Gasteiger partial charge in [0.15, 0.2) is 0 Å². The van der Waals surface area contributed by atoms with Gasteiger partial charge in [0.25, 0.3) is 10.0 Å². The topological polar surface area (TPSA) is 65.4 Å². The van der Waals surface area contributed by atoms with Crippen molar-refractivity contribution < 1.29 is 17.9 Å². The highest BCUT2D eigenvalue weighted by Crippen LogP contribution is 2.44. The standard InChI is InChI=1S/C34H39NO4S/c1-7-8-18-39-34-29(24(4)5)20-27(23(2)3)21-31(34)32-22-35(40(37,38)28-12-10-9-11-13-28)33-15-14-26(19-30(32)33)25(6)16-17-36/h9-17,19-24H,7-8,18H2,1-6H3/b25-16+. The fraction of sp³-hybridized carbons (Fsp3) is 0.324. The van der Waals surface area contributed by atoms with E-state index in [1.807, 2.05) is 25.1 Å². The molecule has 0 spiro atoms. The molecule has 0 unspecified atom stereocenters. The summed E-state index contributed by atoms with van der Waals surface area (Å²) in [7, 11) is -3.88. The Hall–Kier alpha value is -3.64. The number of fused-ring (bicyclic) bond motifs is 1. The summed E-state index contributed by atoms with van der Waals surface area (Å²) >= 11 is 0. The minimum absolute atomic E-state index is 0.212. The molecule has 3 aromatic carbocycles. The number of benzene rings is 3. The SMILES string of the molecule is CCCCOc1c(-c2cn(S(=O)(=O)c3ccccc3)c3ccc(/C(C)=C/C=O)cc23)cc(C(C)C)cc1C(C)C. The van der Waals surface area contributed by atoms with Gasteiger partial charge in [0.05, 0.1) is 17.0 Å². The lowest BCUT2D eigenvalue weighted by Crippen LogP contribution is -2.11. The van der Waals surface area contributed by atoms with Crippen LogP contribution >= 0.6 is 0 Å². The zero-order chi connectivity index (χ0) is 29.0. The summed E-state index contributed by atoms with van der Waals surface area (Å²) in [6.07, 6.45) is 5.95. The molecule has 6 heteroatoms. The Kier molecular flexibility index (Phi) is 8.99. The van der Waals surface area contributed by atoms with E-state index in [2.05, 4.69) is 46.8 Å². The molecule has 0 atom stereocenters. The quantitative estimate of drug-likeness (QED) is 0.105. The molecule has 0 saturated carbocycles. The zero-order valence-corrected chi connectivity index (χ0v) is 25.1. The van der Waals surface area contributed by atoms with Crippen LogP contribution in [-0.2, 0) is 14.8 Å². The lowest BCUT2D eigenvalue weighted by molar-refractivity contribution is -0.104. The van der Waals surface area contributed by atoms with Gasteiger partial charge in [-0.1, -0.05) is 71.4 Å². The highest BCUT2D eigenvalue weighted by Gasteiger charge is 2.25. The molecule has 0 saturated heterocycles. The first kappa shape index (κ1) is 29.3. The maximum absolute atomic E-state index is 13.9. The van der Waals surface area contributed by atoms with E-state index in [9.17, 15) is 13.2 Å². The van der Waals surface area contributed by atoms with Crippen molar-refractivity contribution in [3.05, 3.63) is 89.6 Å². The van der Waals surface area contributed by atoms with Crippen molar-refractivity contribution in [1.82, 2.24) is 3.97 Å². The Morgan fingerprint density at radius 3 is 2.30 bits per heavy atom. The average Bonchev–Trinajstić information content (AvgIpc) is 3.33. The molecule has 0 aliphatic heterocycles. The van der Waals surface area contributed by atoms with Gasteiger partial charge in [-0.3, -0.25) is 4.79 Å². The Balaban J connectivity index is 2.11. The molecule has 0 aliphatic carbocycles. The van der Waals surface area contributed by atoms with E-state index in [0.29, 0.717) is 12.1 Å². The van der Waals surface area contributed by atoms with Crippen molar-refractivity contribution in [2.45, 2.75) is 71.1 Å². The van der Waals surface area contributed by atoms with E-state index < -0.39 is 10.0 Å². The Labute approximate surface area is 238 Å². The van der Waals surface area contributed by atoms with Crippen LogP contribution in [-0.4, -0.2) is 25.3 Å². The Morgan fingerprint density at radius 2 is 1.68 bits per heavy atom. The van der Waals surface area contributed by atoms with Gasteiger partial charge >= 0.3 is 0 Å². The third-order valence-corrected chi connectivity index (χ3v) is 8.99. The molecule has 210 valence electrons. The summed E-state index contributed by atoms with van der Waals surface area (Å²) in [5.74, 6) is 1.29. The molecule has 40 heavy (non-hydrogen) atoms. The summed E-state index contributed by atoms with van der Waals surface area (Å²) in [6.45, 7) is 13.2. The molecular formula is C34H39NO4S. The van der Waals surface area contributed by atoms with Crippen molar-refractivity contribution in [2.75, 3.05) is 6.61 Å². The number of allylic oxidation sites excluding steroid dienone is 2. The molecule has 4 aromatic rings. The summed E-state index contributed by atoms with van der Waals surface area (Å²) < 4.78 is 35.7. The molecule has 0 fully saturated rings. The van der Waals surface area contributed by atoms with E-state index in [1.165, 1.54) is 15.6 Å². The van der Waals surface area contributed by atoms with Gasteiger partial charge in [-0.25, -0.2) is 12.4 Å². The second-order valence-electron chi connectivity index (χ2n) is 10.9. The van der Waals surface area contributed by atoms with Gasteiger partial charge in [0.1, 0.15) is 12.0 Å². The second-order valence-corrected chi connectivity index (χ2v) is 12.7. The maximum Gasteiger partial charge on any atom is 0.268 e. The summed E-state index contributed by atoms with van der Waals surface area (Å²) in [5.41, 5.74) is 6.17. The molecule has 0 N–H and O–H groups in total. The number of hydrogen-bond acceptors (Lipinski definition) is 4. The summed E-state index contributed by atoms with van der Waals surface area (Å²) in [4.78, 5) is 11.4. The van der Waals surface area contributed by atoms with E-state index in [1.54, 1.807) is 36.5 Å². The molecule has 1 aromatic heterocycles. The van der Waals surface area contributed by atoms with Crippen LogP contribution in [0.2, 0.25) is 0 Å². The lowest BCUT2D eigenvalue weighted by Gasteiger charge is -2.21. The normalized spacial score (nSPS) is 12.4. The molecule has 0 aliphatic rings. The third-order valence-electron chi connectivity index (χ3n) is 7.31. The Morgan fingerprint density at radius 1 is 0.950 bits per heavy atom. The van der Waals surface area contributed by atoms with Crippen LogP contribution in [0.3, 0.4) is 0 Å². The van der Waals surface area contributed by atoms with E-state index in [0.717, 1.165) is 58.1 Å². The smallest absolute Gasteiger partial charge is 0.268 e. The first-order valence-corrected chi connectivity index (χ1v) is 15.4. The van der Waals surface area contributed by atoms with Crippen molar-refractivity contribution in [3.8, 4) is 16.9 Å². The number of ether oxygens (including phenoxy) is 1. The fourth-order valence-corrected chi connectivity index (χ4v) is 6.27. The van der Waals surface area contributed by atoms with Crippen LogP contribution in [0.4, 0.5) is 0 Å². The zero-order valence-electron chi connectivity index (χ0n) is 24.3. The van der Waals surface area contributed by atoms with Crippen LogP contribution in [0.5, 0.6) is 5.75 Å². The summed E-state index contributed by atoms with van der Waals surface area (Å²) in [6, 6.07) is 18.5. The van der Waals surface area contributed by atoms with Crippen LogP contribution in [0.1, 0.15) is 82.9 Å². The highest BCUT2D eigenvalue weighted by molar-refractivity contribution is 7.90. The second kappa shape index (κ2) is 12.3. The first-order chi connectivity index (χ1) is 19.1. The van der Waals surface area contributed by atoms with Crippen molar-refractivity contribution in [3.63, 3.8) is 0 Å². The summed E-state index contributed by atoms with van der Waals surface area (Å²) in [5, 5.41) is 0.784. The number of aromatic nitrogens is 1. The monoisotopic (exact) mass is 557 g/mol. The van der Waals surface area contributed by atoms with Crippen LogP contribution in [0, 0.1) is 0 Å². The number of hydrogen-bond donors (Lipinski definition) is 0. The molecule has 0 bridgehead atoms. The van der Waals surface area contributed by atoms with E-state index in [-0.39, 0.29) is 16.7 Å².